The molecule has 0 N–H and O–H groups in total. The molecule has 2 heteroatoms. The largest absolute Gasteiger partial charge is 0.130 e. The van der Waals surface area contributed by atoms with Crippen molar-refractivity contribution in [1.29, 1.82) is 0 Å². The fraction of sp³-hybridized carbons (Fsp3) is 0.143. The minimum atomic E-state index is 0.794. The fourth-order valence-corrected chi connectivity index (χ4v) is 2.43. The van der Waals surface area contributed by atoms with Crippen LogP contribution >= 0.6 is 23.4 Å². The molecule has 0 unspecified atom stereocenters. The Labute approximate surface area is 106 Å². The van der Waals surface area contributed by atoms with Crippen molar-refractivity contribution < 1.29 is 0 Å². The van der Waals surface area contributed by atoms with Gasteiger partial charge < -0.3 is 0 Å². The first kappa shape index (κ1) is 11.6. The minimum absolute atomic E-state index is 0.794. The van der Waals surface area contributed by atoms with E-state index in [2.05, 4.69) is 43.5 Å². The molecule has 2 aromatic rings. The van der Waals surface area contributed by atoms with Crippen LogP contribution < -0.4 is 0 Å². The summed E-state index contributed by atoms with van der Waals surface area (Å²) in [6.07, 6.45) is 2.09. The highest BCUT2D eigenvalue weighted by atomic mass is 35.5. The fourth-order valence-electron chi connectivity index (χ4n) is 1.74. The third kappa shape index (κ3) is 2.42. The summed E-state index contributed by atoms with van der Waals surface area (Å²) in [7, 11) is 0. The Morgan fingerprint density at radius 3 is 2.56 bits per heavy atom. The van der Waals surface area contributed by atoms with Gasteiger partial charge in [0.1, 0.15) is 0 Å². The Balaban J connectivity index is 2.49. The zero-order valence-corrected chi connectivity index (χ0v) is 10.9. The molecule has 2 aromatic carbocycles. The lowest BCUT2D eigenvalue weighted by Gasteiger charge is -2.07. The zero-order chi connectivity index (χ0) is 11.5. The molecule has 82 valence electrons. The van der Waals surface area contributed by atoms with Gasteiger partial charge in [-0.25, -0.2) is 0 Å². The smallest absolute Gasteiger partial charge is 0.0409 e. The van der Waals surface area contributed by atoms with Gasteiger partial charge in [-0.2, -0.15) is 0 Å². The van der Waals surface area contributed by atoms with Gasteiger partial charge in [0, 0.05) is 9.92 Å². The molecule has 2 rings (SSSR count). The quantitative estimate of drug-likeness (QED) is 0.671. The third-order valence-electron chi connectivity index (χ3n) is 2.57. The third-order valence-corrected chi connectivity index (χ3v) is 3.53. The molecular formula is C14H13ClS. The molecule has 0 aliphatic heterocycles. The Morgan fingerprint density at radius 2 is 1.88 bits per heavy atom. The van der Waals surface area contributed by atoms with Gasteiger partial charge in [-0.1, -0.05) is 29.8 Å². The summed E-state index contributed by atoms with van der Waals surface area (Å²) < 4.78 is 0. The number of aryl methyl sites for hydroxylation is 1. The van der Waals surface area contributed by atoms with E-state index in [0.717, 1.165) is 5.02 Å². The summed E-state index contributed by atoms with van der Waals surface area (Å²) in [6, 6.07) is 14.6. The number of thioether (sulfide) groups is 1. The van der Waals surface area contributed by atoms with E-state index in [1.54, 1.807) is 11.8 Å². The van der Waals surface area contributed by atoms with E-state index in [9.17, 15) is 0 Å². The topological polar surface area (TPSA) is 0 Å². The molecule has 0 nitrogen and oxygen atoms in total. The van der Waals surface area contributed by atoms with Gasteiger partial charge >= 0.3 is 0 Å². The molecular weight excluding hydrogens is 236 g/mol. The highest BCUT2D eigenvalue weighted by molar-refractivity contribution is 7.98. The van der Waals surface area contributed by atoms with Crippen molar-refractivity contribution in [2.24, 2.45) is 0 Å². The Morgan fingerprint density at radius 1 is 1.06 bits per heavy atom. The van der Waals surface area contributed by atoms with Gasteiger partial charge in [0.25, 0.3) is 0 Å². The van der Waals surface area contributed by atoms with Crippen LogP contribution in [0, 0.1) is 6.92 Å². The van der Waals surface area contributed by atoms with Crippen LogP contribution in [0.15, 0.2) is 47.4 Å². The van der Waals surface area contributed by atoms with Gasteiger partial charge in [0.05, 0.1) is 0 Å². The summed E-state index contributed by atoms with van der Waals surface area (Å²) in [6.45, 7) is 2.09. The van der Waals surface area contributed by atoms with E-state index in [-0.39, 0.29) is 0 Å². The normalized spacial score (nSPS) is 10.4. The number of hydrogen-bond acceptors (Lipinski definition) is 1. The van der Waals surface area contributed by atoms with Crippen molar-refractivity contribution in [1.82, 2.24) is 0 Å². The van der Waals surface area contributed by atoms with Gasteiger partial charge in [-0.15, -0.1) is 11.8 Å². The standard InChI is InChI=1S/C14H13ClS/c1-10-8-12(15)6-7-14(10)11-4-3-5-13(9-11)16-2/h3-9H,1-2H3. The van der Waals surface area contributed by atoms with Crippen LogP contribution in [0.2, 0.25) is 5.02 Å². The molecule has 0 radical (unpaired) electrons. The summed E-state index contributed by atoms with van der Waals surface area (Å²) in [5.74, 6) is 0. The second-order valence-corrected chi connectivity index (χ2v) is 5.01. The molecule has 0 fully saturated rings. The summed E-state index contributed by atoms with van der Waals surface area (Å²) in [5.41, 5.74) is 3.71. The number of rotatable bonds is 2. The van der Waals surface area contributed by atoms with Crippen LogP contribution in [-0.2, 0) is 0 Å². The predicted octanol–water partition coefficient (Wildman–Crippen LogP) is 5.04. The average molecular weight is 249 g/mol. The maximum atomic E-state index is 5.96. The highest BCUT2D eigenvalue weighted by Crippen LogP contribution is 2.28. The monoisotopic (exact) mass is 248 g/mol. The maximum absolute atomic E-state index is 5.96. The summed E-state index contributed by atoms with van der Waals surface area (Å²) in [4.78, 5) is 1.28. The molecule has 0 atom stereocenters. The molecule has 16 heavy (non-hydrogen) atoms. The molecule has 0 bridgehead atoms. The van der Waals surface area contributed by atoms with Crippen LogP contribution in [0.1, 0.15) is 5.56 Å². The second kappa shape index (κ2) is 4.94. The summed E-state index contributed by atoms with van der Waals surface area (Å²) in [5, 5.41) is 0.794. The van der Waals surface area contributed by atoms with Crippen LogP contribution in [0.4, 0.5) is 0 Å². The van der Waals surface area contributed by atoms with Crippen molar-refractivity contribution in [2.45, 2.75) is 11.8 Å². The number of benzene rings is 2. The van der Waals surface area contributed by atoms with Crippen LogP contribution in [0.3, 0.4) is 0 Å². The first-order valence-electron chi connectivity index (χ1n) is 5.11. The lowest BCUT2D eigenvalue weighted by molar-refractivity contribution is 1.42. The van der Waals surface area contributed by atoms with Crippen molar-refractivity contribution in [2.75, 3.05) is 6.26 Å². The Bertz CT molecular complexity index is 506. The zero-order valence-electron chi connectivity index (χ0n) is 9.33. The van der Waals surface area contributed by atoms with Crippen molar-refractivity contribution in [3.63, 3.8) is 0 Å². The van der Waals surface area contributed by atoms with Gasteiger partial charge in [-0.3, -0.25) is 0 Å². The van der Waals surface area contributed by atoms with E-state index in [1.165, 1.54) is 21.6 Å². The molecule has 0 saturated heterocycles. The molecule has 0 aromatic heterocycles. The second-order valence-electron chi connectivity index (χ2n) is 3.69. The van der Waals surface area contributed by atoms with Gasteiger partial charge in [-0.05, 0) is 54.1 Å². The molecule has 0 amide bonds. The average Bonchev–Trinajstić information content (AvgIpc) is 2.29. The van der Waals surface area contributed by atoms with E-state index < -0.39 is 0 Å². The maximum Gasteiger partial charge on any atom is 0.0409 e. The molecule has 0 saturated carbocycles. The SMILES string of the molecule is CSc1cccc(-c2ccc(Cl)cc2C)c1. The molecule has 0 heterocycles. The predicted molar refractivity (Wildman–Crippen MR) is 73.4 cm³/mol. The highest BCUT2D eigenvalue weighted by Gasteiger charge is 2.03. The van der Waals surface area contributed by atoms with E-state index in [1.807, 2.05) is 12.1 Å². The molecule has 0 aliphatic rings. The van der Waals surface area contributed by atoms with E-state index in [4.69, 9.17) is 11.6 Å². The molecule has 0 aliphatic carbocycles. The van der Waals surface area contributed by atoms with Crippen LogP contribution in [0.25, 0.3) is 11.1 Å². The lowest BCUT2D eigenvalue weighted by atomic mass is 10.0. The Kier molecular flexibility index (Phi) is 3.57. The van der Waals surface area contributed by atoms with Crippen molar-refractivity contribution >= 4 is 23.4 Å². The lowest BCUT2D eigenvalue weighted by Crippen LogP contribution is -1.83. The van der Waals surface area contributed by atoms with Gasteiger partial charge in [0.15, 0.2) is 0 Å². The first-order chi connectivity index (χ1) is 7.70. The minimum Gasteiger partial charge on any atom is -0.130 e. The van der Waals surface area contributed by atoms with E-state index >= 15 is 0 Å². The number of hydrogen-bond donors (Lipinski definition) is 0. The first-order valence-corrected chi connectivity index (χ1v) is 6.71. The van der Waals surface area contributed by atoms with Gasteiger partial charge in [0.2, 0.25) is 0 Å². The number of halogens is 1. The van der Waals surface area contributed by atoms with E-state index in [0.29, 0.717) is 0 Å². The summed E-state index contributed by atoms with van der Waals surface area (Å²) >= 11 is 7.72. The van der Waals surface area contributed by atoms with Crippen molar-refractivity contribution in [3.05, 3.63) is 53.1 Å². The van der Waals surface area contributed by atoms with Crippen LogP contribution in [0.5, 0.6) is 0 Å². The van der Waals surface area contributed by atoms with Crippen molar-refractivity contribution in [3.8, 4) is 11.1 Å². The Hall–Kier alpha value is -0.920. The molecule has 0 spiro atoms. The van der Waals surface area contributed by atoms with Crippen LogP contribution in [-0.4, -0.2) is 6.26 Å².